The summed E-state index contributed by atoms with van der Waals surface area (Å²) in [4.78, 5) is 4.59. The van der Waals surface area contributed by atoms with Crippen molar-refractivity contribution in [2.24, 2.45) is 0 Å². The molecule has 0 bridgehead atoms. The maximum absolute atomic E-state index is 13.0. The van der Waals surface area contributed by atoms with Gasteiger partial charge in [-0.2, -0.15) is 4.68 Å². The maximum Gasteiger partial charge on any atom is 0.214 e. The van der Waals surface area contributed by atoms with Crippen LogP contribution in [0.3, 0.4) is 0 Å². The molecule has 0 aliphatic rings. The van der Waals surface area contributed by atoms with Crippen LogP contribution in [0.15, 0.2) is 59.1 Å². The fraction of sp³-hybridized carbons (Fsp3) is 0.200. The molecular formula is C20H18FN5O2S2. The van der Waals surface area contributed by atoms with E-state index in [2.05, 4.69) is 20.5 Å². The molecule has 0 spiro atoms. The molecule has 0 unspecified atom stereocenters. The van der Waals surface area contributed by atoms with Gasteiger partial charge in [-0.1, -0.05) is 23.9 Å². The van der Waals surface area contributed by atoms with Crippen LogP contribution >= 0.6 is 23.1 Å². The maximum atomic E-state index is 13.0. The number of hydrogen-bond donors (Lipinski definition) is 0. The van der Waals surface area contributed by atoms with Crippen LogP contribution in [0, 0.1) is 5.82 Å². The second kappa shape index (κ2) is 9.68. The summed E-state index contributed by atoms with van der Waals surface area (Å²) >= 11 is 3.01. The van der Waals surface area contributed by atoms with Crippen LogP contribution in [0.25, 0.3) is 5.69 Å². The standard InChI is InChI=1S/C20H18FN5O2S2/c1-2-27-18-6-4-3-5-17(18)26-20(23-24-25-26)30-13-15-12-29-19(22-15)11-28-16-9-7-14(21)8-10-16/h3-10,12H,2,11,13H2,1H3. The first-order valence-electron chi connectivity index (χ1n) is 9.18. The molecule has 0 atom stereocenters. The van der Waals surface area contributed by atoms with Crippen molar-refractivity contribution >= 4 is 23.1 Å². The predicted octanol–water partition coefficient (Wildman–Crippen LogP) is 4.53. The van der Waals surface area contributed by atoms with Gasteiger partial charge in [-0.3, -0.25) is 0 Å². The zero-order valence-corrected chi connectivity index (χ0v) is 17.7. The Labute approximate surface area is 180 Å². The number of ether oxygens (including phenoxy) is 2. The lowest BCUT2D eigenvalue weighted by molar-refractivity contribution is 0.305. The average molecular weight is 444 g/mol. The summed E-state index contributed by atoms with van der Waals surface area (Å²) in [6.07, 6.45) is 0. The van der Waals surface area contributed by atoms with Crippen LogP contribution < -0.4 is 9.47 Å². The molecule has 0 amide bonds. The monoisotopic (exact) mass is 443 g/mol. The molecule has 0 aliphatic heterocycles. The summed E-state index contributed by atoms with van der Waals surface area (Å²) in [6, 6.07) is 13.6. The van der Waals surface area contributed by atoms with Gasteiger partial charge in [-0.05, 0) is 53.7 Å². The third-order valence-corrected chi connectivity index (χ3v) is 5.78. The quantitative estimate of drug-likeness (QED) is 0.352. The number of para-hydroxylation sites is 2. The topological polar surface area (TPSA) is 75.0 Å². The second-order valence-corrected chi connectivity index (χ2v) is 7.92. The Hall–Kier alpha value is -2.98. The molecular weight excluding hydrogens is 425 g/mol. The van der Waals surface area contributed by atoms with Crippen LogP contribution in [0.5, 0.6) is 11.5 Å². The Balaban J connectivity index is 1.38. The van der Waals surface area contributed by atoms with E-state index < -0.39 is 0 Å². The highest BCUT2D eigenvalue weighted by Gasteiger charge is 2.14. The number of nitrogens with zero attached hydrogens (tertiary/aromatic N) is 5. The first-order valence-corrected chi connectivity index (χ1v) is 11.0. The van der Waals surface area contributed by atoms with E-state index in [-0.39, 0.29) is 5.82 Å². The summed E-state index contributed by atoms with van der Waals surface area (Å²) in [5.74, 6) is 1.66. The Kier molecular flexibility index (Phi) is 6.55. The summed E-state index contributed by atoms with van der Waals surface area (Å²) in [5, 5.41) is 15.5. The van der Waals surface area contributed by atoms with E-state index in [9.17, 15) is 4.39 Å². The van der Waals surface area contributed by atoms with Gasteiger partial charge in [-0.25, -0.2) is 9.37 Å². The first kappa shape index (κ1) is 20.3. The minimum Gasteiger partial charge on any atom is -0.492 e. The van der Waals surface area contributed by atoms with E-state index in [4.69, 9.17) is 9.47 Å². The average Bonchev–Trinajstić information content (AvgIpc) is 3.42. The van der Waals surface area contributed by atoms with Crippen LogP contribution in [0.2, 0.25) is 0 Å². The van der Waals surface area contributed by atoms with Gasteiger partial charge >= 0.3 is 0 Å². The van der Waals surface area contributed by atoms with Crippen LogP contribution in [-0.4, -0.2) is 31.8 Å². The van der Waals surface area contributed by atoms with Crippen LogP contribution in [0.1, 0.15) is 17.6 Å². The van der Waals surface area contributed by atoms with E-state index >= 15 is 0 Å². The lowest BCUT2D eigenvalue weighted by Gasteiger charge is -2.10. The lowest BCUT2D eigenvalue weighted by Crippen LogP contribution is -2.03. The molecule has 0 aliphatic carbocycles. The summed E-state index contributed by atoms with van der Waals surface area (Å²) < 4.78 is 26.0. The van der Waals surface area contributed by atoms with E-state index in [0.29, 0.717) is 29.9 Å². The SMILES string of the molecule is CCOc1ccccc1-n1nnnc1SCc1csc(COc2ccc(F)cc2)n1. The Bertz CT molecular complexity index is 1100. The van der Waals surface area contributed by atoms with Crippen LogP contribution in [-0.2, 0) is 12.4 Å². The number of benzene rings is 2. The number of tetrazole rings is 1. The highest BCUT2D eigenvalue weighted by molar-refractivity contribution is 7.98. The molecule has 0 saturated carbocycles. The molecule has 30 heavy (non-hydrogen) atoms. The lowest BCUT2D eigenvalue weighted by atomic mass is 10.3. The van der Waals surface area contributed by atoms with E-state index in [0.717, 1.165) is 22.1 Å². The smallest absolute Gasteiger partial charge is 0.214 e. The molecule has 7 nitrogen and oxygen atoms in total. The number of thioether (sulfide) groups is 1. The zero-order chi connectivity index (χ0) is 20.8. The summed E-state index contributed by atoms with van der Waals surface area (Å²) in [7, 11) is 0. The number of aromatic nitrogens is 5. The third-order valence-electron chi connectivity index (χ3n) is 3.96. The summed E-state index contributed by atoms with van der Waals surface area (Å²) in [6.45, 7) is 2.83. The molecule has 2 heterocycles. The predicted molar refractivity (Wildman–Crippen MR) is 113 cm³/mol. The van der Waals surface area contributed by atoms with Crippen molar-refractivity contribution in [3.63, 3.8) is 0 Å². The molecule has 0 saturated heterocycles. The summed E-state index contributed by atoms with van der Waals surface area (Å²) in [5.41, 5.74) is 1.70. The van der Waals surface area contributed by atoms with Gasteiger partial charge in [0.15, 0.2) is 0 Å². The van der Waals surface area contributed by atoms with Crippen molar-refractivity contribution in [2.75, 3.05) is 6.61 Å². The second-order valence-electron chi connectivity index (χ2n) is 6.04. The van der Waals surface area contributed by atoms with Gasteiger partial charge < -0.3 is 9.47 Å². The molecule has 4 rings (SSSR count). The Morgan fingerprint density at radius 3 is 2.77 bits per heavy atom. The van der Waals surface area contributed by atoms with Crippen molar-refractivity contribution in [3.05, 3.63) is 70.4 Å². The van der Waals surface area contributed by atoms with Crippen LogP contribution in [0.4, 0.5) is 4.39 Å². The highest BCUT2D eigenvalue weighted by atomic mass is 32.2. The number of halogens is 1. The van der Waals surface area contributed by atoms with E-state index in [1.54, 1.807) is 16.8 Å². The molecule has 0 fully saturated rings. The van der Waals surface area contributed by atoms with E-state index in [1.165, 1.54) is 35.2 Å². The molecule has 2 aromatic carbocycles. The third kappa shape index (κ3) is 4.95. The van der Waals surface area contributed by atoms with Gasteiger partial charge in [0.1, 0.15) is 34.6 Å². The fourth-order valence-corrected chi connectivity index (χ4v) is 4.21. The largest absolute Gasteiger partial charge is 0.492 e. The minimum atomic E-state index is -0.290. The normalized spacial score (nSPS) is 10.9. The highest BCUT2D eigenvalue weighted by Crippen LogP contribution is 2.28. The first-order chi connectivity index (χ1) is 14.7. The molecule has 154 valence electrons. The number of thiazole rings is 1. The van der Waals surface area contributed by atoms with Crippen molar-refractivity contribution in [2.45, 2.75) is 24.4 Å². The Morgan fingerprint density at radius 1 is 1.10 bits per heavy atom. The van der Waals surface area contributed by atoms with Gasteiger partial charge in [0.05, 0.1) is 12.3 Å². The molecule has 4 aromatic rings. The molecule has 2 aromatic heterocycles. The minimum absolute atomic E-state index is 0.290. The van der Waals surface area contributed by atoms with Crippen molar-refractivity contribution < 1.29 is 13.9 Å². The van der Waals surface area contributed by atoms with Gasteiger partial charge in [0.2, 0.25) is 5.16 Å². The molecule has 0 N–H and O–H groups in total. The van der Waals surface area contributed by atoms with Crippen molar-refractivity contribution in [1.29, 1.82) is 0 Å². The molecule has 10 heteroatoms. The number of rotatable bonds is 9. The van der Waals surface area contributed by atoms with Crippen molar-refractivity contribution in [1.82, 2.24) is 25.2 Å². The van der Waals surface area contributed by atoms with Gasteiger partial charge in [0, 0.05) is 11.1 Å². The number of hydrogen-bond acceptors (Lipinski definition) is 8. The Morgan fingerprint density at radius 2 is 1.93 bits per heavy atom. The van der Waals surface area contributed by atoms with E-state index in [1.807, 2.05) is 36.6 Å². The fourth-order valence-electron chi connectivity index (χ4n) is 2.63. The van der Waals surface area contributed by atoms with Gasteiger partial charge in [0.25, 0.3) is 0 Å². The van der Waals surface area contributed by atoms with Crippen molar-refractivity contribution in [3.8, 4) is 17.2 Å². The zero-order valence-electron chi connectivity index (χ0n) is 16.1. The van der Waals surface area contributed by atoms with Gasteiger partial charge in [-0.15, -0.1) is 16.4 Å². The molecule has 0 radical (unpaired) electrons.